The Hall–Kier alpha value is -1.56. The van der Waals surface area contributed by atoms with Gasteiger partial charge in [0.25, 0.3) is 0 Å². The number of hydrogen-bond acceptors (Lipinski definition) is 6. The van der Waals surface area contributed by atoms with E-state index in [0.717, 1.165) is 16.5 Å². The van der Waals surface area contributed by atoms with Gasteiger partial charge in [0.1, 0.15) is 12.2 Å². The zero-order valence-corrected chi connectivity index (χ0v) is 8.45. The largest absolute Gasteiger partial charge is 0.356 e. The monoisotopic (exact) mass is 207 g/mol. The topological polar surface area (TPSA) is 63.6 Å². The minimum absolute atomic E-state index is 0.676. The van der Waals surface area contributed by atoms with Gasteiger partial charge in [-0.1, -0.05) is 0 Å². The molecule has 0 aliphatic heterocycles. The SMILES string of the molecule is Cc1nsc(NCc2cncnc2)n1. The molecule has 0 spiro atoms. The average molecular weight is 207 g/mol. The second-order valence-electron chi connectivity index (χ2n) is 2.75. The fourth-order valence-electron chi connectivity index (χ4n) is 0.968. The first kappa shape index (κ1) is 9.01. The molecule has 0 aliphatic rings. The van der Waals surface area contributed by atoms with Crippen molar-refractivity contribution in [3.63, 3.8) is 0 Å². The Kier molecular flexibility index (Phi) is 2.64. The number of hydrogen-bond donors (Lipinski definition) is 1. The predicted molar refractivity (Wildman–Crippen MR) is 54.0 cm³/mol. The van der Waals surface area contributed by atoms with Gasteiger partial charge in [-0.2, -0.15) is 4.37 Å². The normalized spacial score (nSPS) is 10.1. The van der Waals surface area contributed by atoms with E-state index in [1.807, 2.05) is 6.92 Å². The van der Waals surface area contributed by atoms with Gasteiger partial charge in [-0.05, 0) is 6.92 Å². The quantitative estimate of drug-likeness (QED) is 0.820. The van der Waals surface area contributed by atoms with Gasteiger partial charge in [0.15, 0.2) is 0 Å². The highest BCUT2D eigenvalue weighted by Crippen LogP contribution is 2.10. The summed E-state index contributed by atoms with van der Waals surface area (Å²) >= 11 is 1.36. The molecule has 1 N–H and O–H groups in total. The lowest BCUT2D eigenvalue weighted by Gasteiger charge is -1.99. The Bertz CT molecular complexity index is 399. The lowest BCUT2D eigenvalue weighted by molar-refractivity contribution is 1.04. The van der Waals surface area contributed by atoms with Crippen molar-refractivity contribution in [3.8, 4) is 0 Å². The summed E-state index contributed by atoms with van der Waals surface area (Å²) in [4.78, 5) is 12.0. The van der Waals surface area contributed by atoms with Crippen LogP contribution in [0.2, 0.25) is 0 Å². The van der Waals surface area contributed by atoms with E-state index in [4.69, 9.17) is 0 Å². The number of rotatable bonds is 3. The second kappa shape index (κ2) is 4.10. The standard InChI is InChI=1S/C8H9N5S/c1-6-12-8(14-13-6)11-4-7-2-9-5-10-3-7/h2-3,5H,4H2,1H3,(H,11,12,13). The van der Waals surface area contributed by atoms with Crippen LogP contribution in [0.25, 0.3) is 0 Å². The fourth-order valence-corrected chi connectivity index (χ4v) is 1.54. The summed E-state index contributed by atoms with van der Waals surface area (Å²) < 4.78 is 4.07. The average Bonchev–Trinajstić information content (AvgIpc) is 2.63. The molecule has 14 heavy (non-hydrogen) atoms. The minimum Gasteiger partial charge on any atom is -0.356 e. The zero-order chi connectivity index (χ0) is 9.80. The van der Waals surface area contributed by atoms with E-state index in [9.17, 15) is 0 Å². The van der Waals surface area contributed by atoms with Gasteiger partial charge in [0.05, 0.1) is 0 Å². The van der Waals surface area contributed by atoms with E-state index in [1.165, 1.54) is 17.9 Å². The molecule has 0 fully saturated rings. The van der Waals surface area contributed by atoms with Crippen LogP contribution in [0.3, 0.4) is 0 Å². The van der Waals surface area contributed by atoms with Gasteiger partial charge in [-0.15, -0.1) is 0 Å². The summed E-state index contributed by atoms with van der Waals surface area (Å²) in [6.07, 6.45) is 5.06. The summed E-state index contributed by atoms with van der Waals surface area (Å²) in [6.45, 7) is 2.54. The summed E-state index contributed by atoms with van der Waals surface area (Å²) in [6, 6.07) is 0. The van der Waals surface area contributed by atoms with Crippen LogP contribution >= 0.6 is 11.5 Å². The lowest BCUT2D eigenvalue weighted by atomic mass is 10.3. The van der Waals surface area contributed by atoms with Crippen molar-refractivity contribution in [2.75, 3.05) is 5.32 Å². The number of nitrogens with zero attached hydrogens (tertiary/aromatic N) is 4. The van der Waals surface area contributed by atoms with Crippen LogP contribution < -0.4 is 5.32 Å². The molecule has 6 heteroatoms. The zero-order valence-electron chi connectivity index (χ0n) is 7.64. The van der Waals surface area contributed by atoms with Gasteiger partial charge >= 0.3 is 0 Å². The Labute approximate surface area is 85.4 Å². The van der Waals surface area contributed by atoms with Gasteiger partial charge in [-0.25, -0.2) is 15.0 Å². The van der Waals surface area contributed by atoms with Gasteiger partial charge in [0.2, 0.25) is 5.13 Å². The molecule has 72 valence electrons. The van der Waals surface area contributed by atoms with Crippen molar-refractivity contribution < 1.29 is 0 Å². The Morgan fingerprint density at radius 1 is 1.36 bits per heavy atom. The molecule has 0 atom stereocenters. The molecule has 0 aliphatic carbocycles. The molecule has 2 heterocycles. The van der Waals surface area contributed by atoms with Crippen molar-refractivity contribution in [1.29, 1.82) is 0 Å². The highest BCUT2D eigenvalue weighted by Gasteiger charge is 1.98. The highest BCUT2D eigenvalue weighted by molar-refractivity contribution is 7.09. The van der Waals surface area contributed by atoms with Crippen molar-refractivity contribution in [1.82, 2.24) is 19.3 Å². The van der Waals surface area contributed by atoms with Crippen LogP contribution in [0.5, 0.6) is 0 Å². The van der Waals surface area contributed by atoms with E-state index in [-0.39, 0.29) is 0 Å². The van der Waals surface area contributed by atoms with Gasteiger partial charge in [0, 0.05) is 36.0 Å². The third-order valence-electron chi connectivity index (χ3n) is 1.59. The third-order valence-corrected chi connectivity index (χ3v) is 2.35. The predicted octanol–water partition coefficient (Wildman–Crippen LogP) is 1.25. The fraction of sp³-hybridized carbons (Fsp3) is 0.250. The van der Waals surface area contributed by atoms with Crippen LogP contribution in [0.15, 0.2) is 18.7 Å². The summed E-state index contributed by atoms with van der Waals surface area (Å²) in [7, 11) is 0. The molecule has 0 radical (unpaired) electrons. The van der Waals surface area contributed by atoms with Crippen LogP contribution in [0.1, 0.15) is 11.4 Å². The number of aromatic nitrogens is 4. The first-order valence-corrected chi connectivity index (χ1v) is 4.90. The smallest absolute Gasteiger partial charge is 0.202 e. The maximum absolute atomic E-state index is 4.18. The van der Waals surface area contributed by atoms with Gasteiger partial charge in [-0.3, -0.25) is 0 Å². The molecule has 2 aromatic rings. The summed E-state index contributed by atoms with van der Waals surface area (Å²) in [5.74, 6) is 0.793. The molecule has 0 saturated heterocycles. The highest BCUT2D eigenvalue weighted by atomic mass is 32.1. The molecule has 5 nitrogen and oxygen atoms in total. The molecule has 0 aromatic carbocycles. The van der Waals surface area contributed by atoms with E-state index in [1.54, 1.807) is 12.4 Å². The van der Waals surface area contributed by atoms with E-state index >= 15 is 0 Å². The Morgan fingerprint density at radius 3 is 2.79 bits per heavy atom. The summed E-state index contributed by atoms with van der Waals surface area (Å²) in [5.41, 5.74) is 1.03. The Balaban J connectivity index is 1.95. The van der Waals surface area contributed by atoms with E-state index in [0.29, 0.717) is 6.54 Å². The maximum Gasteiger partial charge on any atom is 0.202 e. The minimum atomic E-state index is 0.676. The van der Waals surface area contributed by atoms with Crippen molar-refractivity contribution in [2.24, 2.45) is 0 Å². The molecular weight excluding hydrogens is 198 g/mol. The molecule has 2 rings (SSSR count). The maximum atomic E-state index is 4.18. The molecule has 0 unspecified atom stereocenters. The molecule has 0 bridgehead atoms. The molecule has 2 aromatic heterocycles. The number of anilines is 1. The van der Waals surface area contributed by atoms with E-state index < -0.39 is 0 Å². The number of aryl methyl sites for hydroxylation is 1. The Morgan fingerprint density at radius 2 is 2.14 bits per heavy atom. The van der Waals surface area contributed by atoms with Crippen molar-refractivity contribution >= 4 is 16.7 Å². The molecular formula is C8H9N5S. The third kappa shape index (κ3) is 2.23. The van der Waals surface area contributed by atoms with E-state index in [2.05, 4.69) is 24.6 Å². The number of nitrogens with one attached hydrogen (secondary N) is 1. The van der Waals surface area contributed by atoms with Crippen molar-refractivity contribution in [2.45, 2.75) is 13.5 Å². The van der Waals surface area contributed by atoms with Crippen LogP contribution in [-0.4, -0.2) is 19.3 Å². The van der Waals surface area contributed by atoms with Crippen LogP contribution in [0, 0.1) is 6.92 Å². The van der Waals surface area contributed by atoms with Crippen LogP contribution in [-0.2, 0) is 6.54 Å². The van der Waals surface area contributed by atoms with Gasteiger partial charge < -0.3 is 5.32 Å². The lowest BCUT2D eigenvalue weighted by Crippen LogP contribution is -1.99. The molecule has 0 saturated carbocycles. The first-order valence-electron chi connectivity index (χ1n) is 4.12. The second-order valence-corrected chi connectivity index (χ2v) is 3.50. The summed E-state index contributed by atoms with van der Waals surface area (Å²) in [5, 5.41) is 3.97. The molecule has 0 amide bonds. The van der Waals surface area contributed by atoms with Crippen LogP contribution in [0.4, 0.5) is 5.13 Å². The first-order chi connectivity index (χ1) is 6.84. The van der Waals surface area contributed by atoms with Crippen molar-refractivity contribution in [3.05, 3.63) is 30.1 Å².